The minimum atomic E-state index is -0.153. The number of nitrogens with one attached hydrogen (secondary N) is 2. The number of hydrogen-bond donors (Lipinski definition) is 3. The van der Waals surface area contributed by atoms with Gasteiger partial charge in [0, 0.05) is 19.7 Å². The van der Waals surface area contributed by atoms with Gasteiger partial charge in [-0.1, -0.05) is 26.7 Å². The van der Waals surface area contributed by atoms with Crippen molar-refractivity contribution in [2.45, 2.75) is 46.1 Å². The van der Waals surface area contributed by atoms with Crippen LogP contribution in [0, 0.1) is 5.92 Å². The van der Waals surface area contributed by atoms with E-state index in [2.05, 4.69) is 36.4 Å². The zero-order chi connectivity index (χ0) is 15.4. The van der Waals surface area contributed by atoms with Crippen molar-refractivity contribution in [3.8, 4) is 0 Å². The van der Waals surface area contributed by atoms with Crippen LogP contribution >= 0.6 is 0 Å². The highest BCUT2D eigenvalue weighted by Gasteiger charge is 2.04. The fourth-order valence-corrected chi connectivity index (χ4v) is 1.71. The van der Waals surface area contributed by atoms with E-state index in [1.807, 2.05) is 0 Å². The number of carbonyl (C=O) groups is 1. The molecule has 0 spiro atoms. The Kier molecular flexibility index (Phi) is 10.8. The number of rotatable bonds is 10. The molecule has 0 aliphatic heterocycles. The van der Waals surface area contributed by atoms with Crippen LogP contribution in [0.2, 0.25) is 0 Å². The minimum Gasteiger partial charge on any atom is -0.383 e. The second-order valence-electron chi connectivity index (χ2n) is 5.41. The molecule has 6 nitrogen and oxygen atoms in total. The number of nitrogens with two attached hydrogens (primary N) is 1. The van der Waals surface area contributed by atoms with Crippen LogP contribution in [0.25, 0.3) is 0 Å². The lowest BCUT2D eigenvalue weighted by Gasteiger charge is -2.15. The minimum absolute atomic E-state index is 0.0429. The second-order valence-corrected chi connectivity index (χ2v) is 5.41. The lowest BCUT2D eigenvalue weighted by molar-refractivity contribution is -0.119. The van der Waals surface area contributed by atoms with E-state index in [-0.39, 0.29) is 18.5 Å². The van der Waals surface area contributed by atoms with E-state index in [1.54, 1.807) is 7.11 Å². The second kappa shape index (κ2) is 11.5. The Morgan fingerprint density at radius 2 is 2.00 bits per heavy atom. The summed E-state index contributed by atoms with van der Waals surface area (Å²) in [4.78, 5) is 15.4. The van der Waals surface area contributed by atoms with Crippen molar-refractivity contribution in [3.05, 3.63) is 0 Å². The number of nitrogens with zero attached hydrogens (tertiary/aromatic N) is 1. The number of aliphatic imine (C=N–C) groups is 1. The average Bonchev–Trinajstić information content (AvgIpc) is 2.36. The maximum Gasteiger partial charge on any atom is 0.241 e. The summed E-state index contributed by atoms with van der Waals surface area (Å²) in [5, 5.41) is 5.78. The van der Waals surface area contributed by atoms with Gasteiger partial charge in [0.2, 0.25) is 5.91 Å². The molecule has 6 heteroatoms. The van der Waals surface area contributed by atoms with Crippen molar-refractivity contribution in [3.63, 3.8) is 0 Å². The van der Waals surface area contributed by atoms with Gasteiger partial charge in [0.05, 0.1) is 6.61 Å². The summed E-state index contributed by atoms with van der Waals surface area (Å²) >= 11 is 0. The van der Waals surface area contributed by atoms with Gasteiger partial charge in [-0.2, -0.15) is 0 Å². The molecular formula is C14H30N4O2. The smallest absolute Gasteiger partial charge is 0.241 e. The van der Waals surface area contributed by atoms with E-state index in [1.165, 1.54) is 6.42 Å². The van der Waals surface area contributed by atoms with Crippen LogP contribution in [0.5, 0.6) is 0 Å². The van der Waals surface area contributed by atoms with Crippen LogP contribution in [-0.4, -0.2) is 44.7 Å². The van der Waals surface area contributed by atoms with Gasteiger partial charge in [0.25, 0.3) is 0 Å². The number of amides is 1. The first-order valence-electron chi connectivity index (χ1n) is 7.27. The van der Waals surface area contributed by atoms with Crippen LogP contribution in [0.1, 0.15) is 40.0 Å². The largest absolute Gasteiger partial charge is 0.383 e. The molecule has 4 N–H and O–H groups in total. The molecule has 118 valence electrons. The van der Waals surface area contributed by atoms with Crippen molar-refractivity contribution >= 4 is 11.9 Å². The van der Waals surface area contributed by atoms with E-state index in [0.29, 0.717) is 19.1 Å². The molecule has 0 rings (SSSR count). The highest BCUT2D eigenvalue weighted by molar-refractivity contribution is 5.84. The van der Waals surface area contributed by atoms with Gasteiger partial charge in [0.1, 0.15) is 6.54 Å². The fourth-order valence-electron chi connectivity index (χ4n) is 1.71. The van der Waals surface area contributed by atoms with Crippen LogP contribution in [0.4, 0.5) is 0 Å². The summed E-state index contributed by atoms with van der Waals surface area (Å²) in [6.45, 7) is 7.54. The zero-order valence-corrected chi connectivity index (χ0v) is 13.2. The van der Waals surface area contributed by atoms with E-state index in [4.69, 9.17) is 10.5 Å². The molecule has 1 atom stereocenters. The third-order valence-corrected chi connectivity index (χ3v) is 2.83. The highest BCUT2D eigenvalue weighted by Crippen LogP contribution is 2.07. The molecule has 20 heavy (non-hydrogen) atoms. The summed E-state index contributed by atoms with van der Waals surface area (Å²) in [7, 11) is 1.59. The van der Waals surface area contributed by atoms with Gasteiger partial charge < -0.3 is 21.1 Å². The summed E-state index contributed by atoms with van der Waals surface area (Å²) in [5.74, 6) is 0.896. The molecule has 0 bridgehead atoms. The molecule has 1 amide bonds. The molecular weight excluding hydrogens is 256 g/mol. The molecule has 0 aliphatic carbocycles. The Morgan fingerprint density at radius 1 is 1.30 bits per heavy atom. The Hall–Kier alpha value is -1.30. The first-order valence-corrected chi connectivity index (χ1v) is 7.27. The fraction of sp³-hybridized carbons (Fsp3) is 0.857. The maximum absolute atomic E-state index is 11.4. The molecule has 0 fully saturated rings. The molecule has 0 heterocycles. The molecule has 0 radical (unpaired) electrons. The van der Waals surface area contributed by atoms with Crippen LogP contribution in [-0.2, 0) is 9.53 Å². The number of carbonyl (C=O) groups excluding carboxylic acids is 1. The lowest BCUT2D eigenvalue weighted by Crippen LogP contribution is -2.39. The Labute approximate surface area is 122 Å². The molecule has 0 aromatic carbocycles. The highest BCUT2D eigenvalue weighted by atomic mass is 16.5. The van der Waals surface area contributed by atoms with Gasteiger partial charge in [-0.3, -0.25) is 4.79 Å². The SMILES string of the molecule is COCCNC(=O)CN=C(N)NC(C)CCCC(C)C. The Balaban J connectivity index is 3.80. The molecule has 0 saturated carbocycles. The standard InChI is InChI=1S/C14H30N4O2/c1-11(2)6-5-7-12(3)18-14(15)17-10-13(19)16-8-9-20-4/h11-12H,5-10H2,1-4H3,(H,16,19)(H3,15,17,18). The summed E-state index contributed by atoms with van der Waals surface area (Å²) in [6.07, 6.45) is 3.43. The predicted molar refractivity (Wildman–Crippen MR) is 82.7 cm³/mol. The molecule has 0 aromatic rings. The Morgan fingerprint density at radius 3 is 2.60 bits per heavy atom. The van der Waals surface area contributed by atoms with E-state index >= 15 is 0 Å². The van der Waals surface area contributed by atoms with Crippen molar-refractivity contribution < 1.29 is 9.53 Å². The summed E-state index contributed by atoms with van der Waals surface area (Å²) < 4.78 is 4.84. The predicted octanol–water partition coefficient (Wildman–Crippen LogP) is 0.868. The van der Waals surface area contributed by atoms with Crippen molar-refractivity contribution in [2.24, 2.45) is 16.6 Å². The monoisotopic (exact) mass is 286 g/mol. The van der Waals surface area contributed by atoms with Gasteiger partial charge >= 0.3 is 0 Å². The summed E-state index contributed by atoms with van der Waals surface area (Å²) in [6, 6.07) is 0.272. The summed E-state index contributed by atoms with van der Waals surface area (Å²) in [5.41, 5.74) is 5.74. The van der Waals surface area contributed by atoms with Crippen molar-refractivity contribution in [1.82, 2.24) is 10.6 Å². The number of hydrogen-bond acceptors (Lipinski definition) is 3. The quantitative estimate of drug-likeness (QED) is 0.316. The van der Waals surface area contributed by atoms with Crippen molar-refractivity contribution in [2.75, 3.05) is 26.8 Å². The Bertz CT molecular complexity index is 293. The van der Waals surface area contributed by atoms with Gasteiger partial charge in [-0.15, -0.1) is 0 Å². The third-order valence-electron chi connectivity index (χ3n) is 2.83. The molecule has 0 aliphatic rings. The maximum atomic E-state index is 11.4. The molecule has 0 saturated heterocycles. The normalized spacial score (nSPS) is 13.3. The number of ether oxygens (including phenoxy) is 1. The number of guanidine groups is 1. The van der Waals surface area contributed by atoms with E-state index < -0.39 is 0 Å². The average molecular weight is 286 g/mol. The van der Waals surface area contributed by atoms with Gasteiger partial charge in [0.15, 0.2) is 5.96 Å². The number of methoxy groups -OCH3 is 1. The van der Waals surface area contributed by atoms with E-state index in [9.17, 15) is 4.79 Å². The van der Waals surface area contributed by atoms with Crippen LogP contribution in [0.15, 0.2) is 4.99 Å². The lowest BCUT2D eigenvalue weighted by atomic mass is 10.0. The zero-order valence-electron chi connectivity index (χ0n) is 13.2. The van der Waals surface area contributed by atoms with Crippen molar-refractivity contribution in [1.29, 1.82) is 0 Å². The van der Waals surface area contributed by atoms with Crippen LogP contribution in [0.3, 0.4) is 0 Å². The van der Waals surface area contributed by atoms with E-state index in [0.717, 1.165) is 18.8 Å². The van der Waals surface area contributed by atoms with Crippen LogP contribution < -0.4 is 16.4 Å². The third kappa shape index (κ3) is 11.8. The first-order chi connectivity index (χ1) is 9.45. The van der Waals surface area contributed by atoms with Gasteiger partial charge in [-0.25, -0.2) is 4.99 Å². The van der Waals surface area contributed by atoms with Gasteiger partial charge in [-0.05, 0) is 19.3 Å². The molecule has 0 aromatic heterocycles. The molecule has 1 unspecified atom stereocenters. The first kappa shape index (κ1) is 18.7. The topological polar surface area (TPSA) is 88.7 Å².